The molecule has 26 heavy (non-hydrogen) atoms. The molecule has 1 saturated heterocycles. The van der Waals surface area contributed by atoms with E-state index in [1.54, 1.807) is 12.1 Å². The second-order valence-corrected chi connectivity index (χ2v) is 7.47. The zero-order valence-electron chi connectivity index (χ0n) is 16.5. The first-order chi connectivity index (χ1) is 12.8. The first-order valence-corrected chi connectivity index (χ1v) is 10.7. The molecule has 1 aromatic rings. The molecule has 2 atom stereocenters. The molecule has 146 valence electrons. The van der Waals surface area contributed by atoms with E-state index in [-0.39, 0.29) is 5.97 Å². The highest BCUT2D eigenvalue weighted by atomic mass is 16.6. The quantitative estimate of drug-likeness (QED) is 0.209. The first-order valence-electron chi connectivity index (χ1n) is 10.7. The highest BCUT2D eigenvalue weighted by Crippen LogP contribution is 2.31. The Bertz CT molecular complexity index is 485. The monoisotopic (exact) mass is 360 g/mol. The zero-order valence-corrected chi connectivity index (χ0v) is 16.5. The van der Waals surface area contributed by atoms with Crippen LogP contribution in [0.5, 0.6) is 0 Å². The van der Waals surface area contributed by atoms with Gasteiger partial charge in [-0.1, -0.05) is 82.9 Å². The number of ether oxygens (including phenoxy) is 2. The average molecular weight is 361 g/mol. The summed E-state index contributed by atoms with van der Waals surface area (Å²) in [5.41, 5.74) is 0.636. The Morgan fingerprint density at radius 1 is 0.846 bits per heavy atom. The molecule has 3 heteroatoms. The van der Waals surface area contributed by atoms with Crippen LogP contribution in [0.25, 0.3) is 0 Å². The van der Waals surface area contributed by atoms with Gasteiger partial charge in [0.2, 0.25) is 0 Å². The van der Waals surface area contributed by atoms with Crippen molar-refractivity contribution in [2.75, 3.05) is 6.61 Å². The van der Waals surface area contributed by atoms with E-state index in [9.17, 15) is 4.79 Å². The van der Waals surface area contributed by atoms with Gasteiger partial charge < -0.3 is 9.47 Å². The van der Waals surface area contributed by atoms with Gasteiger partial charge in [-0.05, 0) is 31.4 Å². The van der Waals surface area contributed by atoms with Crippen LogP contribution in [-0.2, 0) is 9.47 Å². The normalized spacial score (nSPS) is 18.7. The van der Waals surface area contributed by atoms with Crippen molar-refractivity contribution in [3.63, 3.8) is 0 Å². The van der Waals surface area contributed by atoms with Gasteiger partial charge in [-0.15, -0.1) is 0 Å². The predicted molar refractivity (Wildman–Crippen MR) is 106 cm³/mol. The van der Waals surface area contributed by atoms with Gasteiger partial charge in [0, 0.05) is 0 Å². The summed E-state index contributed by atoms with van der Waals surface area (Å²) in [6.07, 6.45) is 16.2. The van der Waals surface area contributed by atoms with E-state index in [2.05, 4.69) is 6.92 Å². The first kappa shape index (κ1) is 21.0. The van der Waals surface area contributed by atoms with Crippen molar-refractivity contribution in [1.29, 1.82) is 0 Å². The molecule has 1 aliphatic rings. The maximum atomic E-state index is 11.8. The minimum atomic E-state index is -0.211. The lowest BCUT2D eigenvalue weighted by Gasteiger charge is -2.04. The lowest BCUT2D eigenvalue weighted by atomic mass is 10.0. The fraction of sp³-hybridized carbons (Fsp3) is 0.696. The molecule has 3 nitrogen and oxygen atoms in total. The number of carbonyl (C=O) groups is 1. The Hall–Kier alpha value is -1.35. The van der Waals surface area contributed by atoms with Crippen molar-refractivity contribution in [3.8, 4) is 0 Å². The van der Waals surface area contributed by atoms with Crippen LogP contribution >= 0.6 is 0 Å². The maximum Gasteiger partial charge on any atom is 0.338 e. The van der Waals surface area contributed by atoms with Crippen LogP contribution < -0.4 is 0 Å². The van der Waals surface area contributed by atoms with Crippen LogP contribution in [0, 0.1) is 0 Å². The Balaban J connectivity index is 1.34. The molecular weight excluding hydrogens is 324 g/mol. The fourth-order valence-electron chi connectivity index (χ4n) is 3.44. The van der Waals surface area contributed by atoms with E-state index in [4.69, 9.17) is 9.47 Å². The number of hydrogen-bond acceptors (Lipinski definition) is 3. The molecule has 1 fully saturated rings. The molecule has 1 heterocycles. The SMILES string of the molecule is CCCCCCCC1OC1CCCCCCCOC(=O)c1ccccc1. The fourth-order valence-corrected chi connectivity index (χ4v) is 3.44. The van der Waals surface area contributed by atoms with Crippen molar-refractivity contribution < 1.29 is 14.3 Å². The van der Waals surface area contributed by atoms with Crippen LogP contribution in [0.15, 0.2) is 30.3 Å². The number of unbranched alkanes of at least 4 members (excludes halogenated alkanes) is 8. The Kier molecular flexibility index (Phi) is 10.4. The van der Waals surface area contributed by atoms with Crippen molar-refractivity contribution in [3.05, 3.63) is 35.9 Å². The molecule has 0 radical (unpaired) electrons. The largest absolute Gasteiger partial charge is 0.462 e. The Morgan fingerprint density at radius 3 is 2.08 bits per heavy atom. The standard InChI is InChI=1S/C23H36O3/c1-2-3-4-6-12-17-21-22(26-21)18-13-7-5-8-14-19-25-23(24)20-15-10-9-11-16-20/h9-11,15-16,21-22H,2-8,12-14,17-19H2,1H3. The Labute approximate surface area is 159 Å². The molecule has 1 aliphatic heterocycles. The van der Waals surface area contributed by atoms with E-state index in [1.165, 1.54) is 64.2 Å². The van der Waals surface area contributed by atoms with Crippen molar-refractivity contribution in [1.82, 2.24) is 0 Å². The van der Waals surface area contributed by atoms with Crippen molar-refractivity contribution in [2.24, 2.45) is 0 Å². The number of benzene rings is 1. The van der Waals surface area contributed by atoms with Crippen LogP contribution in [0.2, 0.25) is 0 Å². The highest BCUT2D eigenvalue weighted by Gasteiger charge is 2.36. The molecule has 0 saturated carbocycles. The van der Waals surface area contributed by atoms with E-state index < -0.39 is 0 Å². The summed E-state index contributed by atoms with van der Waals surface area (Å²) < 4.78 is 11.1. The minimum absolute atomic E-state index is 0.211. The maximum absolute atomic E-state index is 11.8. The topological polar surface area (TPSA) is 38.8 Å². The van der Waals surface area contributed by atoms with Crippen molar-refractivity contribution in [2.45, 2.75) is 96.2 Å². The number of epoxide rings is 1. The smallest absolute Gasteiger partial charge is 0.338 e. The summed E-state index contributed by atoms with van der Waals surface area (Å²) in [6, 6.07) is 9.20. The van der Waals surface area contributed by atoms with E-state index >= 15 is 0 Å². The third-order valence-corrected chi connectivity index (χ3v) is 5.16. The molecule has 0 aromatic heterocycles. The van der Waals surface area contributed by atoms with E-state index in [0.717, 1.165) is 12.8 Å². The molecule has 0 bridgehead atoms. The summed E-state index contributed by atoms with van der Waals surface area (Å²) in [5.74, 6) is -0.211. The number of rotatable bonds is 15. The van der Waals surface area contributed by atoms with Gasteiger partial charge in [0.05, 0.1) is 24.4 Å². The van der Waals surface area contributed by atoms with Gasteiger partial charge in [0.25, 0.3) is 0 Å². The van der Waals surface area contributed by atoms with Gasteiger partial charge in [-0.3, -0.25) is 0 Å². The molecule has 1 aromatic carbocycles. The summed E-state index contributed by atoms with van der Waals surface area (Å²) in [5, 5.41) is 0. The molecule has 2 rings (SSSR count). The predicted octanol–water partition coefficient (Wildman–Crippen LogP) is 6.31. The lowest BCUT2D eigenvalue weighted by Crippen LogP contribution is -2.06. The summed E-state index contributed by atoms with van der Waals surface area (Å²) in [4.78, 5) is 11.8. The van der Waals surface area contributed by atoms with Crippen molar-refractivity contribution >= 4 is 5.97 Å². The summed E-state index contributed by atoms with van der Waals surface area (Å²) >= 11 is 0. The highest BCUT2D eigenvalue weighted by molar-refractivity contribution is 5.89. The van der Waals surface area contributed by atoms with Gasteiger partial charge in [-0.25, -0.2) is 4.79 Å². The van der Waals surface area contributed by atoms with Crippen LogP contribution in [0.1, 0.15) is 94.3 Å². The van der Waals surface area contributed by atoms with Gasteiger partial charge in [-0.2, -0.15) is 0 Å². The molecular formula is C23H36O3. The van der Waals surface area contributed by atoms with Crippen LogP contribution in [-0.4, -0.2) is 24.8 Å². The summed E-state index contributed by atoms with van der Waals surface area (Å²) in [6.45, 7) is 2.79. The summed E-state index contributed by atoms with van der Waals surface area (Å²) in [7, 11) is 0. The number of hydrogen-bond donors (Lipinski definition) is 0. The molecule has 0 aliphatic carbocycles. The third-order valence-electron chi connectivity index (χ3n) is 5.16. The van der Waals surface area contributed by atoms with Gasteiger partial charge in [0.15, 0.2) is 0 Å². The average Bonchev–Trinajstić information content (AvgIpc) is 3.42. The zero-order chi connectivity index (χ0) is 18.5. The van der Waals surface area contributed by atoms with Crippen LogP contribution in [0.3, 0.4) is 0 Å². The van der Waals surface area contributed by atoms with Gasteiger partial charge in [0.1, 0.15) is 0 Å². The Morgan fingerprint density at radius 2 is 1.42 bits per heavy atom. The lowest BCUT2D eigenvalue weighted by molar-refractivity contribution is 0.0497. The van der Waals surface area contributed by atoms with Crippen LogP contribution in [0.4, 0.5) is 0 Å². The molecule has 0 spiro atoms. The second kappa shape index (κ2) is 12.9. The second-order valence-electron chi connectivity index (χ2n) is 7.47. The molecule has 0 amide bonds. The third kappa shape index (κ3) is 8.84. The van der Waals surface area contributed by atoms with Gasteiger partial charge >= 0.3 is 5.97 Å². The van der Waals surface area contributed by atoms with E-state index in [0.29, 0.717) is 24.4 Å². The molecule has 0 N–H and O–H groups in total. The number of esters is 1. The molecule has 2 unspecified atom stereocenters. The minimum Gasteiger partial charge on any atom is -0.462 e. The van der Waals surface area contributed by atoms with E-state index in [1.807, 2.05) is 18.2 Å². The number of carbonyl (C=O) groups excluding carboxylic acids is 1.